The Morgan fingerprint density at radius 3 is 1.60 bits per heavy atom. The average molecular weight is 323 g/mol. The number of hydrogen-bond acceptors (Lipinski definition) is 3. The second kappa shape index (κ2) is 5.11. The van der Waals surface area contributed by atoms with Crippen molar-refractivity contribution in [3.8, 4) is 0 Å². The summed E-state index contributed by atoms with van der Waals surface area (Å²) >= 11 is -1.11. The predicted molar refractivity (Wildman–Crippen MR) is 54.9 cm³/mol. The summed E-state index contributed by atoms with van der Waals surface area (Å²) in [4.78, 5) is 8.64. The molecule has 1 aromatic carbocycles. The van der Waals surface area contributed by atoms with Crippen LogP contribution in [-0.2, 0) is 0 Å². The Hall–Kier alpha value is -1.52. The minimum absolute atomic E-state index is 0.544. The standard InChI is InChI=1S/C9H4F7NO2S/c10-7(8(11,12)13,9(14,15)16)20-6-3-1-5(2-4-6)17(18)19/h1-4H. The zero-order valence-corrected chi connectivity index (χ0v) is 9.94. The van der Waals surface area contributed by atoms with Crippen molar-refractivity contribution in [1.82, 2.24) is 0 Å². The van der Waals surface area contributed by atoms with Gasteiger partial charge in [-0.05, 0) is 12.1 Å². The third-order valence-corrected chi connectivity index (χ3v) is 3.29. The van der Waals surface area contributed by atoms with Crippen LogP contribution in [0.5, 0.6) is 0 Å². The number of nitro groups is 1. The van der Waals surface area contributed by atoms with Gasteiger partial charge in [-0.15, -0.1) is 0 Å². The molecule has 0 aliphatic heterocycles. The number of thioether (sulfide) groups is 1. The second-order valence-electron chi connectivity index (χ2n) is 3.44. The minimum atomic E-state index is -6.18. The number of halogens is 7. The molecule has 0 amide bonds. The van der Waals surface area contributed by atoms with Gasteiger partial charge in [-0.25, -0.2) is 4.39 Å². The number of benzene rings is 1. The maximum absolute atomic E-state index is 13.3. The minimum Gasteiger partial charge on any atom is -0.258 e. The summed E-state index contributed by atoms with van der Waals surface area (Å²) in [7, 11) is 0. The first-order chi connectivity index (χ1) is 8.88. The molecule has 0 unspecified atom stereocenters. The quantitative estimate of drug-likeness (QED) is 0.356. The lowest BCUT2D eigenvalue weighted by Gasteiger charge is -2.29. The van der Waals surface area contributed by atoms with E-state index in [9.17, 15) is 40.8 Å². The summed E-state index contributed by atoms with van der Waals surface area (Å²) in [6.07, 6.45) is -12.4. The van der Waals surface area contributed by atoms with E-state index in [0.717, 1.165) is 0 Å². The number of nitro benzene ring substituents is 1. The highest BCUT2D eigenvalue weighted by atomic mass is 32.2. The Kier molecular flexibility index (Phi) is 4.22. The van der Waals surface area contributed by atoms with Gasteiger partial charge in [0, 0.05) is 17.0 Å². The number of nitrogens with zero attached hydrogens (tertiary/aromatic N) is 1. The number of hydrogen-bond donors (Lipinski definition) is 0. The van der Waals surface area contributed by atoms with Crippen molar-refractivity contribution < 1.29 is 35.7 Å². The first-order valence-corrected chi connectivity index (χ1v) is 5.46. The van der Waals surface area contributed by atoms with Crippen molar-refractivity contribution in [2.45, 2.75) is 22.2 Å². The highest BCUT2D eigenvalue weighted by Crippen LogP contribution is 2.55. The van der Waals surface area contributed by atoms with E-state index in [0.29, 0.717) is 24.3 Å². The molecular formula is C9H4F7NO2S. The Balaban J connectivity index is 3.12. The van der Waals surface area contributed by atoms with Crippen molar-refractivity contribution in [2.75, 3.05) is 0 Å². The lowest BCUT2D eigenvalue weighted by molar-refractivity contribution is -0.384. The fourth-order valence-corrected chi connectivity index (χ4v) is 1.90. The predicted octanol–water partition coefficient (Wildman–Crippen LogP) is 4.48. The van der Waals surface area contributed by atoms with Crippen molar-refractivity contribution in [2.24, 2.45) is 0 Å². The van der Waals surface area contributed by atoms with Gasteiger partial charge in [0.2, 0.25) is 0 Å². The van der Waals surface area contributed by atoms with Gasteiger partial charge in [0.15, 0.2) is 0 Å². The van der Waals surface area contributed by atoms with Gasteiger partial charge in [-0.3, -0.25) is 10.1 Å². The van der Waals surface area contributed by atoms with Gasteiger partial charge in [0.05, 0.1) is 4.92 Å². The van der Waals surface area contributed by atoms with E-state index in [1.807, 2.05) is 0 Å². The highest BCUT2D eigenvalue weighted by Gasteiger charge is 2.73. The molecule has 0 radical (unpaired) electrons. The van der Waals surface area contributed by atoms with Gasteiger partial charge in [-0.1, -0.05) is 11.8 Å². The van der Waals surface area contributed by atoms with Crippen LogP contribution in [0.2, 0.25) is 0 Å². The molecule has 1 rings (SSSR count). The summed E-state index contributed by atoms with van der Waals surface area (Å²) < 4.78 is 86.9. The molecule has 0 aliphatic rings. The fourth-order valence-electron chi connectivity index (χ4n) is 1.07. The molecule has 0 heterocycles. The lowest BCUT2D eigenvalue weighted by Crippen LogP contribution is -2.50. The maximum atomic E-state index is 13.3. The van der Waals surface area contributed by atoms with Crippen LogP contribution in [0.15, 0.2) is 29.2 Å². The molecule has 0 atom stereocenters. The summed E-state index contributed by atoms with van der Waals surface area (Å²) in [5.74, 6) is 0. The summed E-state index contributed by atoms with van der Waals surface area (Å²) in [5.41, 5.74) is -0.544. The lowest BCUT2D eigenvalue weighted by atomic mass is 10.3. The van der Waals surface area contributed by atoms with Crippen molar-refractivity contribution in [1.29, 1.82) is 0 Å². The molecule has 112 valence electrons. The van der Waals surface area contributed by atoms with Gasteiger partial charge in [0.1, 0.15) is 0 Å². The van der Waals surface area contributed by atoms with E-state index in [1.54, 1.807) is 0 Å². The number of rotatable bonds is 3. The SMILES string of the molecule is O=[N+]([O-])c1ccc(SC(F)(C(F)(F)F)C(F)(F)F)cc1. The van der Waals surface area contributed by atoms with E-state index >= 15 is 0 Å². The zero-order valence-electron chi connectivity index (χ0n) is 9.13. The molecular weight excluding hydrogens is 319 g/mol. The molecule has 1 aromatic rings. The average Bonchev–Trinajstić information content (AvgIpc) is 2.26. The smallest absolute Gasteiger partial charge is 0.258 e. The molecule has 0 fully saturated rings. The van der Waals surface area contributed by atoms with Gasteiger partial charge in [0.25, 0.3) is 5.69 Å². The first-order valence-electron chi connectivity index (χ1n) is 4.64. The molecule has 0 spiro atoms. The van der Waals surface area contributed by atoms with Crippen LogP contribution in [0.4, 0.5) is 36.4 Å². The van der Waals surface area contributed by atoms with Crippen LogP contribution in [0, 0.1) is 10.1 Å². The van der Waals surface area contributed by atoms with Crippen LogP contribution in [0.1, 0.15) is 0 Å². The Bertz CT molecular complexity index is 483. The van der Waals surface area contributed by atoms with Gasteiger partial charge in [-0.2, -0.15) is 26.3 Å². The van der Waals surface area contributed by atoms with E-state index in [2.05, 4.69) is 0 Å². The largest absolute Gasteiger partial charge is 0.441 e. The van der Waals surface area contributed by atoms with Crippen LogP contribution in [0.3, 0.4) is 0 Å². The molecule has 0 saturated carbocycles. The molecule has 3 nitrogen and oxygen atoms in total. The van der Waals surface area contributed by atoms with Crippen LogP contribution in [-0.4, -0.2) is 22.3 Å². The second-order valence-corrected chi connectivity index (χ2v) is 4.68. The van der Waals surface area contributed by atoms with Crippen LogP contribution < -0.4 is 0 Å². The van der Waals surface area contributed by atoms with Gasteiger partial charge < -0.3 is 0 Å². The highest BCUT2D eigenvalue weighted by molar-refractivity contribution is 8.00. The van der Waals surface area contributed by atoms with Crippen LogP contribution >= 0.6 is 11.8 Å². The van der Waals surface area contributed by atoms with E-state index in [4.69, 9.17) is 0 Å². The molecule has 0 N–H and O–H groups in total. The molecule has 0 aliphatic carbocycles. The Morgan fingerprint density at radius 1 is 0.900 bits per heavy atom. The summed E-state index contributed by atoms with van der Waals surface area (Å²) in [5, 5.41) is 4.79. The fraction of sp³-hybridized carbons (Fsp3) is 0.333. The molecule has 0 bridgehead atoms. The Labute approximate surface area is 110 Å². The van der Waals surface area contributed by atoms with E-state index in [1.165, 1.54) is 0 Å². The molecule has 0 aromatic heterocycles. The summed E-state index contributed by atoms with van der Waals surface area (Å²) in [6, 6.07) is 2.56. The topological polar surface area (TPSA) is 43.1 Å². The first kappa shape index (κ1) is 16.5. The number of non-ortho nitro benzene ring substituents is 1. The van der Waals surface area contributed by atoms with Crippen molar-refractivity contribution in [3.05, 3.63) is 34.4 Å². The zero-order chi connectivity index (χ0) is 15.8. The van der Waals surface area contributed by atoms with E-state index < -0.39 is 44.6 Å². The normalized spacial score (nSPS) is 13.3. The summed E-state index contributed by atoms with van der Waals surface area (Å²) in [6.45, 7) is 0. The van der Waals surface area contributed by atoms with Crippen molar-refractivity contribution >= 4 is 17.4 Å². The third kappa shape index (κ3) is 3.14. The molecule has 11 heteroatoms. The van der Waals surface area contributed by atoms with Gasteiger partial charge >= 0.3 is 17.4 Å². The number of alkyl halides is 7. The Morgan fingerprint density at radius 2 is 1.30 bits per heavy atom. The molecule has 0 saturated heterocycles. The van der Waals surface area contributed by atoms with Crippen molar-refractivity contribution in [3.63, 3.8) is 0 Å². The molecule has 20 heavy (non-hydrogen) atoms. The third-order valence-electron chi connectivity index (χ3n) is 2.04. The monoisotopic (exact) mass is 323 g/mol. The maximum Gasteiger partial charge on any atom is 0.441 e. The van der Waals surface area contributed by atoms with E-state index in [-0.39, 0.29) is 0 Å². The van der Waals surface area contributed by atoms with Crippen LogP contribution in [0.25, 0.3) is 0 Å².